The maximum Gasteiger partial charge on any atom is 1.00 e. The Morgan fingerprint density at radius 1 is 1.29 bits per heavy atom. The molecule has 1 aromatic rings. The minimum absolute atomic E-state index is 0. The summed E-state index contributed by atoms with van der Waals surface area (Å²) < 4.78 is 10.8. The molecule has 0 spiro atoms. The van der Waals surface area contributed by atoms with Gasteiger partial charge >= 0.3 is 29.6 Å². The van der Waals surface area contributed by atoms with Gasteiger partial charge in [0.2, 0.25) is 0 Å². The molecule has 0 atom stereocenters. The van der Waals surface area contributed by atoms with Crippen LogP contribution in [0.1, 0.15) is 5.56 Å². The van der Waals surface area contributed by atoms with E-state index in [-0.39, 0.29) is 29.6 Å². The molecule has 1 N–H and O–H groups in total. The average Bonchev–Trinajstić information content (AvgIpc) is 2.28. The van der Waals surface area contributed by atoms with E-state index in [4.69, 9.17) is 34.3 Å². The van der Waals surface area contributed by atoms with Gasteiger partial charge in [0, 0.05) is 6.54 Å². The van der Waals surface area contributed by atoms with Crippen LogP contribution in [-0.2, 0) is 19.0 Å². The van der Waals surface area contributed by atoms with Gasteiger partial charge in [0.05, 0.1) is 14.2 Å². The Morgan fingerprint density at radius 3 is 2.47 bits per heavy atom. The van der Waals surface area contributed by atoms with Crippen LogP contribution in [-0.4, -0.2) is 25.1 Å². The molecule has 1 rings (SSSR count). The first-order chi connectivity index (χ1) is 7.67. The quantitative estimate of drug-likeness (QED) is 0.410. The van der Waals surface area contributed by atoms with Crippen LogP contribution < -0.4 is 44.3 Å². The van der Waals surface area contributed by atoms with E-state index in [0.29, 0.717) is 4.32 Å². The summed E-state index contributed by atoms with van der Waals surface area (Å²) in [6.45, 7) is 0.734. The van der Waals surface area contributed by atoms with Crippen molar-refractivity contribution in [2.24, 2.45) is 0 Å². The molecule has 3 nitrogen and oxygen atoms in total. The van der Waals surface area contributed by atoms with Crippen molar-refractivity contribution in [2.75, 3.05) is 20.8 Å². The van der Waals surface area contributed by atoms with Gasteiger partial charge in [0.25, 0.3) is 0 Å². The second kappa shape index (κ2) is 8.94. The zero-order valence-electron chi connectivity index (χ0n) is 10.3. The predicted octanol–water partition coefficient (Wildman–Crippen LogP) is -1.33. The Bertz CT molecular complexity index is 374. The topological polar surface area (TPSA) is 30.5 Å². The number of rotatable bonds is 5. The first-order valence-corrected chi connectivity index (χ1v) is 5.64. The molecule has 1 aromatic carbocycles. The molecule has 6 heteroatoms. The van der Waals surface area contributed by atoms with Crippen molar-refractivity contribution in [1.82, 2.24) is 5.32 Å². The third-order valence-electron chi connectivity index (χ3n) is 2.13. The summed E-state index contributed by atoms with van der Waals surface area (Å²) in [6.07, 6.45) is 0.844. The van der Waals surface area contributed by atoms with Crippen molar-refractivity contribution in [1.29, 1.82) is 0 Å². The molecular weight excluding hydrogens is 265 g/mol. The van der Waals surface area contributed by atoms with Gasteiger partial charge in [0.15, 0.2) is 11.5 Å². The van der Waals surface area contributed by atoms with E-state index in [9.17, 15) is 0 Å². The molecule has 0 aliphatic heterocycles. The molecule has 0 aliphatic carbocycles. The van der Waals surface area contributed by atoms with Crippen LogP contribution in [0.15, 0.2) is 18.2 Å². The molecule has 0 saturated heterocycles. The summed E-state index contributed by atoms with van der Waals surface area (Å²) in [5.74, 6) is 1.47. The normalized spacial score (nSPS) is 9.06. The fraction of sp³-hybridized carbons (Fsp3) is 0.364. The summed E-state index contributed by atoms with van der Waals surface area (Å²) >= 11 is 9.52. The van der Waals surface area contributed by atoms with E-state index in [2.05, 4.69) is 5.32 Å². The zero-order chi connectivity index (χ0) is 12.0. The summed E-state index contributed by atoms with van der Waals surface area (Å²) in [4.78, 5) is 0. The number of thiocarbonyl (C=S) groups is 1. The molecule has 17 heavy (non-hydrogen) atoms. The minimum Gasteiger partial charge on any atom is -0.493 e. The Hall–Kier alpha value is -0.0700. The number of hydrogen-bond acceptors (Lipinski definition) is 4. The molecule has 0 radical (unpaired) electrons. The summed E-state index contributed by atoms with van der Waals surface area (Å²) in [5.41, 5.74) is 1.15. The average molecular weight is 279 g/mol. The van der Waals surface area contributed by atoms with Crippen LogP contribution in [0, 0.1) is 0 Å². The van der Waals surface area contributed by atoms with Gasteiger partial charge in [-0.05, 0) is 24.1 Å². The van der Waals surface area contributed by atoms with Crippen LogP contribution in [0.5, 0.6) is 11.5 Å². The number of ether oxygens (including phenoxy) is 2. The SMILES string of the molecule is COc1ccc(CCNC(=S)[S-])cc1OC.[Na+]. The van der Waals surface area contributed by atoms with Gasteiger partial charge in [-0.3, -0.25) is 0 Å². The number of methoxy groups -OCH3 is 2. The Morgan fingerprint density at radius 2 is 1.94 bits per heavy atom. The monoisotopic (exact) mass is 279 g/mol. The van der Waals surface area contributed by atoms with E-state index in [0.717, 1.165) is 30.0 Å². The third kappa shape index (κ3) is 5.88. The van der Waals surface area contributed by atoms with Crippen molar-refractivity contribution in [2.45, 2.75) is 6.42 Å². The van der Waals surface area contributed by atoms with Gasteiger partial charge in [-0.1, -0.05) is 10.4 Å². The van der Waals surface area contributed by atoms with Crippen molar-refractivity contribution in [3.63, 3.8) is 0 Å². The molecular formula is C11H14NNaO2S2. The first-order valence-electron chi connectivity index (χ1n) is 4.83. The molecule has 0 aromatic heterocycles. The van der Waals surface area contributed by atoms with E-state index in [1.165, 1.54) is 0 Å². The van der Waals surface area contributed by atoms with Gasteiger partial charge in [-0.15, -0.1) is 0 Å². The summed E-state index contributed by atoms with van der Waals surface area (Å²) in [7, 11) is 3.24. The van der Waals surface area contributed by atoms with E-state index >= 15 is 0 Å². The maximum absolute atomic E-state index is 5.21. The van der Waals surface area contributed by atoms with Crippen LogP contribution >= 0.6 is 12.2 Å². The van der Waals surface area contributed by atoms with Crippen molar-refractivity contribution < 1.29 is 39.0 Å². The Kier molecular flexibility index (Phi) is 8.90. The fourth-order valence-electron chi connectivity index (χ4n) is 1.35. The molecule has 0 aliphatic rings. The predicted molar refractivity (Wildman–Crippen MR) is 71.2 cm³/mol. The van der Waals surface area contributed by atoms with Crippen LogP contribution in [0.2, 0.25) is 0 Å². The van der Waals surface area contributed by atoms with Crippen LogP contribution in [0.4, 0.5) is 0 Å². The summed E-state index contributed by atoms with van der Waals surface area (Å²) in [5, 5.41) is 2.93. The Labute approximate surface area is 135 Å². The van der Waals surface area contributed by atoms with Gasteiger partial charge in [-0.2, -0.15) is 0 Å². The number of benzene rings is 1. The van der Waals surface area contributed by atoms with Crippen LogP contribution in [0.3, 0.4) is 0 Å². The zero-order valence-corrected chi connectivity index (χ0v) is 13.9. The molecule has 0 fully saturated rings. The Balaban J connectivity index is 0.00000256. The number of hydrogen-bond donors (Lipinski definition) is 1. The van der Waals surface area contributed by atoms with E-state index in [1.54, 1.807) is 14.2 Å². The smallest absolute Gasteiger partial charge is 0.493 e. The van der Waals surface area contributed by atoms with E-state index < -0.39 is 0 Å². The second-order valence-electron chi connectivity index (χ2n) is 3.15. The first kappa shape index (κ1) is 16.9. The van der Waals surface area contributed by atoms with Gasteiger partial charge in [-0.25, -0.2) is 0 Å². The molecule has 0 heterocycles. The summed E-state index contributed by atoms with van der Waals surface area (Å²) in [6, 6.07) is 5.84. The molecule has 0 bridgehead atoms. The number of nitrogens with one attached hydrogen (secondary N) is 1. The molecule has 0 unspecified atom stereocenters. The van der Waals surface area contributed by atoms with Crippen molar-refractivity contribution in [3.05, 3.63) is 23.8 Å². The maximum atomic E-state index is 5.21. The van der Waals surface area contributed by atoms with Crippen LogP contribution in [0.25, 0.3) is 0 Å². The van der Waals surface area contributed by atoms with Crippen molar-refractivity contribution >= 4 is 29.2 Å². The standard InChI is InChI=1S/C11H15NO2S2.Na/c1-13-9-4-3-8(7-10(9)14-2)5-6-12-11(15)16;/h3-4,7H,5-6H2,1-2H3,(H2,12,15,16);/q;+1/p-1. The molecule has 0 saturated carbocycles. The molecule has 88 valence electrons. The third-order valence-corrected chi connectivity index (χ3v) is 2.42. The minimum atomic E-state index is 0. The van der Waals surface area contributed by atoms with E-state index in [1.807, 2.05) is 18.2 Å². The molecule has 0 amide bonds. The van der Waals surface area contributed by atoms with Gasteiger partial charge < -0.3 is 39.6 Å². The van der Waals surface area contributed by atoms with Crippen molar-refractivity contribution in [3.8, 4) is 11.5 Å². The fourth-order valence-corrected chi connectivity index (χ4v) is 1.55. The largest absolute Gasteiger partial charge is 1.00 e. The second-order valence-corrected chi connectivity index (χ2v) is 4.23. The van der Waals surface area contributed by atoms with Gasteiger partial charge in [0.1, 0.15) is 0 Å².